The predicted molar refractivity (Wildman–Crippen MR) is 73.1 cm³/mol. The summed E-state index contributed by atoms with van der Waals surface area (Å²) in [5, 5.41) is 20.4. The average Bonchev–Trinajstić information content (AvgIpc) is 2.39. The van der Waals surface area contributed by atoms with Gasteiger partial charge in [0, 0.05) is 31.3 Å². The topological polar surface area (TPSA) is 66.6 Å². The second kappa shape index (κ2) is 5.67. The molecule has 0 radical (unpaired) electrons. The smallest absolute Gasteiger partial charge is 0.269 e. The van der Waals surface area contributed by atoms with Gasteiger partial charge in [-0.15, -0.1) is 0 Å². The lowest BCUT2D eigenvalue weighted by molar-refractivity contribution is -0.385. The molecule has 1 unspecified atom stereocenters. The first kappa shape index (κ1) is 14.0. The van der Waals surface area contributed by atoms with Gasteiger partial charge in [-0.1, -0.05) is 6.07 Å². The van der Waals surface area contributed by atoms with Gasteiger partial charge in [-0.3, -0.25) is 15.0 Å². The number of aliphatic hydroxyl groups excluding tert-OH is 1. The minimum Gasteiger partial charge on any atom is -0.393 e. The molecule has 104 valence electrons. The lowest BCUT2D eigenvalue weighted by Crippen LogP contribution is -2.37. The van der Waals surface area contributed by atoms with Crippen LogP contribution >= 0.6 is 0 Å². The number of rotatable bonds is 3. The summed E-state index contributed by atoms with van der Waals surface area (Å²) in [6.07, 6.45) is 1.35. The second-order valence-electron chi connectivity index (χ2n) is 5.24. The number of nitro benzene ring substituents is 1. The molecule has 0 aromatic heterocycles. The maximum absolute atomic E-state index is 10.9. The van der Waals surface area contributed by atoms with Crippen LogP contribution in [0.15, 0.2) is 18.2 Å². The van der Waals surface area contributed by atoms with E-state index in [2.05, 4.69) is 11.8 Å². The minimum absolute atomic E-state index is 0.143. The summed E-state index contributed by atoms with van der Waals surface area (Å²) in [7, 11) is 0. The molecule has 1 heterocycles. The summed E-state index contributed by atoms with van der Waals surface area (Å²) in [4.78, 5) is 12.8. The summed E-state index contributed by atoms with van der Waals surface area (Å²) in [5.74, 6) is 0. The molecule has 2 rings (SSSR count). The zero-order valence-electron chi connectivity index (χ0n) is 11.4. The van der Waals surface area contributed by atoms with Gasteiger partial charge >= 0.3 is 0 Å². The van der Waals surface area contributed by atoms with Crippen molar-refractivity contribution in [3.8, 4) is 0 Å². The number of hydrogen-bond acceptors (Lipinski definition) is 4. The number of nitro groups is 1. The van der Waals surface area contributed by atoms with E-state index in [4.69, 9.17) is 0 Å². The third-order valence-electron chi connectivity index (χ3n) is 3.97. The molecule has 0 bridgehead atoms. The van der Waals surface area contributed by atoms with Crippen molar-refractivity contribution in [3.05, 3.63) is 39.4 Å². The number of aliphatic hydroxyl groups is 1. The van der Waals surface area contributed by atoms with Crippen molar-refractivity contribution in [3.63, 3.8) is 0 Å². The molecule has 0 amide bonds. The van der Waals surface area contributed by atoms with Gasteiger partial charge in [-0.2, -0.15) is 0 Å². The third kappa shape index (κ3) is 3.11. The van der Waals surface area contributed by atoms with Crippen molar-refractivity contribution in [1.82, 2.24) is 4.90 Å². The van der Waals surface area contributed by atoms with E-state index in [0.29, 0.717) is 0 Å². The number of benzene rings is 1. The molecule has 19 heavy (non-hydrogen) atoms. The van der Waals surface area contributed by atoms with Gasteiger partial charge in [0.15, 0.2) is 0 Å². The Bertz CT molecular complexity index is 468. The Morgan fingerprint density at radius 3 is 2.63 bits per heavy atom. The molecule has 0 saturated carbocycles. The van der Waals surface area contributed by atoms with Gasteiger partial charge in [-0.05, 0) is 37.8 Å². The zero-order valence-corrected chi connectivity index (χ0v) is 11.4. The van der Waals surface area contributed by atoms with E-state index in [9.17, 15) is 15.2 Å². The molecular formula is C14H20N2O3. The largest absolute Gasteiger partial charge is 0.393 e. The maximum atomic E-state index is 10.9. The lowest BCUT2D eigenvalue weighted by Gasteiger charge is -2.35. The minimum atomic E-state index is -0.352. The first-order valence-electron chi connectivity index (χ1n) is 6.66. The molecule has 1 atom stereocenters. The van der Waals surface area contributed by atoms with Crippen LogP contribution in [0.25, 0.3) is 0 Å². The van der Waals surface area contributed by atoms with Gasteiger partial charge < -0.3 is 5.11 Å². The third-order valence-corrected chi connectivity index (χ3v) is 3.97. The SMILES string of the molecule is Cc1ccc([N+](=O)[O-])cc1C(C)N1CCC(O)CC1. The normalized spacial score (nSPS) is 19.3. The Balaban J connectivity index is 2.20. The Morgan fingerprint density at radius 1 is 1.42 bits per heavy atom. The highest BCUT2D eigenvalue weighted by Crippen LogP contribution is 2.29. The van der Waals surface area contributed by atoms with E-state index in [1.165, 1.54) is 0 Å². The second-order valence-corrected chi connectivity index (χ2v) is 5.24. The zero-order chi connectivity index (χ0) is 14.0. The summed E-state index contributed by atoms with van der Waals surface area (Å²) in [6, 6.07) is 5.17. The van der Waals surface area contributed by atoms with E-state index < -0.39 is 0 Å². The summed E-state index contributed by atoms with van der Waals surface area (Å²) >= 11 is 0. The van der Waals surface area contributed by atoms with Crippen molar-refractivity contribution in [2.45, 2.75) is 38.8 Å². The van der Waals surface area contributed by atoms with Crippen LogP contribution in [-0.4, -0.2) is 34.1 Å². The predicted octanol–water partition coefficient (Wildman–Crippen LogP) is 2.42. The first-order chi connectivity index (χ1) is 8.99. The summed E-state index contributed by atoms with van der Waals surface area (Å²) < 4.78 is 0. The molecular weight excluding hydrogens is 244 g/mol. The van der Waals surface area contributed by atoms with Crippen LogP contribution in [0.4, 0.5) is 5.69 Å². The molecule has 5 nitrogen and oxygen atoms in total. The Kier molecular flexibility index (Phi) is 4.17. The number of non-ortho nitro benzene ring substituents is 1. The van der Waals surface area contributed by atoms with Gasteiger partial charge in [-0.25, -0.2) is 0 Å². The highest BCUT2D eigenvalue weighted by Gasteiger charge is 2.24. The van der Waals surface area contributed by atoms with Gasteiger partial charge in [0.2, 0.25) is 0 Å². The highest BCUT2D eigenvalue weighted by molar-refractivity contribution is 5.40. The van der Waals surface area contributed by atoms with Crippen LogP contribution in [0.1, 0.15) is 36.9 Å². The number of nitrogens with zero attached hydrogens (tertiary/aromatic N) is 2. The fourth-order valence-corrected chi connectivity index (χ4v) is 2.66. The van der Waals surface area contributed by atoms with Crippen LogP contribution in [0, 0.1) is 17.0 Å². The Labute approximate surface area is 113 Å². The molecule has 0 spiro atoms. The van der Waals surface area contributed by atoms with E-state index >= 15 is 0 Å². The van der Waals surface area contributed by atoms with Crippen LogP contribution in [0.3, 0.4) is 0 Å². The van der Waals surface area contributed by atoms with Crippen LogP contribution < -0.4 is 0 Å². The van der Waals surface area contributed by atoms with Crippen molar-refractivity contribution in [2.75, 3.05) is 13.1 Å². The van der Waals surface area contributed by atoms with Gasteiger partial charge in [0.25, 0.3) is 5.69 Å². The van der Waals surface area contributed by atoms with E-state index in [1.807, 2.05) is 13.0 Å². The molecule has 1 aromatic carbocycles. The Hall–Kier alpha value is -1.46. The molecule has 1 saturated heterocycles. The van der Waals surface area contributed by atoms with Gasteiger partial charge in [0.05, 0.1) is 11.0 Å². The fourth-order valence-electron chi connectivity index (χ4n) is 2.66. The lowest BCUT2D eigenvalue weighted by atomic mass is 9.98. The Morgan fingerprint density at radius 2 is 2.05 bits per heavy atom. The van der Waals surface area contributed by atoms with Gasteiger partial charge in [0.1, 0.15) is 0 Å². The average molecular weight is 264 g/mol. The fraction of sp³-hybridized carbons (Fsp3) is 0.571. The number of hydrogen-bond donors (Lipinski definition) is 1. The van der Waals surface area contributed by atoms with Crippen molar-refractivity contribution < 1.29 is 10.0 Å². The molecule has 1 aliphatic heterocycles. The molecule has 1 fully saturated rings. The molecule has 1 N–H and O–H groups in total. The van der Waals surface area contributed by atoms with E-state index in [0.717, 1.165) is 37.1 Å². The quantitative estimate of drug-likeness (QED) is 0.672. The summed E-state index contributed by atoms with van der Waals surface area (Å²) in [5.41, 5.74) is 2.22. The van der Waals surface area contributed by atoms with Crippen molar-refractivity contribution in [1.29, 1.82) is 0 Å². The molecule has 1 aromatic rings. The van der Waals surface area contributed by atoms with Crippen molar-refractivity contribution in [2.24, 2.45) is 0 Å². The molecule has 0 aliphatic carbocycles. The van der Waals surface area contributed by atoms with E-state index in [1.54, 1.807) is 12.1 Å². The highest BCUT2D eigenvalue weighted by atomic mass is 16.6. The van der Waals surface area contributed by atoms with Crippen LogP contribution in [0.5, 0.6) is 0 Å². The first-order valence-corrected chi connectivity index (χ1v) is 6.66. The molecule has 1 aliphatic rings. The standard InChI is InChI=1S/C14H20N2O3/c1-10-3-4-12(16(18)19)9-14(10)11(2)15-7-5-13(17)6-8-15/h3-4,9,11,13,17H,5-8H2,1-2H3. The number of likely N-dealkylation sites (tertiary alicyclic amines) is 1. The molecule has 5 heteroatoms. The number of aryl methyl sites for hydroxylation is 1. The number of piperidine rings is 1. The monoisotopic (exact) mass is 264 g/mol. The maximum Gasteiger partial charge on any atom is 0.269 e. The van der Waals surface area contributed by atoms with Crippen molar-refractivity contribution >= 4 is 5.69 Å². The van der Waals surface area contributed by atoms with Crippen LogP contribution in [-0.2, 0) is 0 Å². The summed E-state index contributed by atoms with van der Waals surface area (Å²) in [6.45, 7) is 5.73. The van der Waals surface area contributed by atoms with Crippen LogP contribution in [0.2, 0.25) is 0 Å². The van der Waals surface area contributed by atoms with E-state index in [-0.39, 0.29) is 22.8 Å².